The van der Waals surface area contributed by atoms with Crippen LogP contribution in [0.2, 0.25) is 0 Å². The SMILES string of the molecule is C/C(=N\Nc1ccc(C(=O)O)cc1)c1ccc(C)cc1O. The second kappa shape index (κ2) is 6.09. The summed E-state index contributed by atoms with van der Waals surface area (Å²) in [6.45, 7) is 3.68. The van der Waals surface area contributed by atoms with E-state index in [4.69, 9.17) is 5.11 Å². The molecule has 0 spiro atoms. The third-order valence-electron chi connectivity index (χ3n) is 3.03. The maximum Gasteiger partial charge on any atom is 0.335 e. The Balaban J connectivity index is 2.14. The van der Waals surface area contributed by atoms with Gasteiger partial charge in [0.25, 0.3) is 0 Å². The standard InChI is InChI=1S/C16H16N2O3/c1-10-3-8-14(15(19)9-10)11(2)17-18-13-6-4-12(5-7-13)16(20)21/h3-9,18-19H,1-2H3,(H,20,21)/b17-11+. The summed E-state index contributed by atoms with van der Waals surface area (Å²) < 4.78 is 0. The second-order valence-corrected chi connectivity index (χ2v) is 4.71. The Hall–Kier alpha value is -2.82. The Morgan fingerprint density at radius 1 is 1.14 bits per heavy atom. The largest absolute Gasteiger partial charge is 0.507 e. The normalized spacial score (nSPS) is 11.2. The van der Waals surface area contributed by atoms with Crippen molar-refractivity contribution < 1.29 is 15.0 Å². The maximum atomic E-state index is 10.8. The van der Waals surface area contributed by atoms with Crippen molar-refractivity contribution in [1.29, 1.82) is 0 Å². The van der Waals surface area contributed by atoms with Crippen LogP contribution in [0.3, 0.4) is 0 Å². The van der Waals surface area contributed by atoms with Gasteiger partial charge in [-0.3, -0.25) is 5.43 Å². The number of phenols is 1. The van der Waals surface area contributed by atoms with Gasteiger partial charge in [-0.25, -0.2) is 4.79 Å². The van der Waals surface area contributed by atoms with E-state index in [0.29, 0.717) is 17.0 Å². The first kappa shape index (κ1) is 14.6. The molecule has 2 aromatic carbocycles. The quantitative estimate of drug-likeness (QED) is 0.594. The minimum Gasteiger partial charge on any atom is -0.507 e. The number of aromatic carboxylic acids is 1. The number of aryl methyl sites for hydroxylation is 1. The van der Waals surface area contributed by atoms with E-state index in [1.54, 1.807) is 31.2 Å². The Morgan fingerprint density at radius 2 is 1.81 bits per heavy atom. The van der Waals surface area contributed by atoms with Gasteiger partial charge in [0, 0.05) is 5.56 Å². The van der Waals surface area contributed by atoms with Crippen molar-refractivity contribution in [3.8, 4) is 5.75 Å². The Kier molecular flexibility index (Phi) is 4.23. The van der Waals surface area contributed by atoms with Gasteiger partial charge in [0.05, 0.1) is 17.0 Å². The topological polar surface area (TPSA) is 81.9 Å². The van der Waals surface area contributed by atoms with E-state index < -0.39 is 5.97 Å². The zero-order valence-electron chi connectivity index (χ0n) is 11.8. The van der Waals surface area contributed by atoms with Crippen LogP contribution in [0, 0.1) is 6.92 Å². The molecule has 0 atom stereocenters. The van der Waals surface area contributed by atoms with Crippen molar-refractivity contribution >= 4 is 17.4 Å². The fraction of sp³-hybridized carbons (Fsp3) is 0.125. The van der Waals surface area contributed by atoms with Crippen molar-refractivity contribution in [2.45, 2.75) is 13.8 Å². The summed E-state index contributed by atoms with van der Waals surface area (Å²) in [4.78, 5) is 10.8. The molecule has 0 radical (unpaired) electrons. The molecule has 0 amide bonds. The summed E-state index contributed by atoms with van der Waals surface area (Å²) in [6.07, 6.45) is 0. The molecule has 0 heterocycles. The molecular formula is C16H16N2O3. The molecule has 2 aromatic rings. The molecule has 0 fully saturated rings. The number of phenolic OH excluding ortho intramolecular Hbond substituents is 1. The van der Waals surface area contributed by atoms with Gasteiger partial charge in [0.2, 0.25) is 0 Å². The molecule has 0 unspecified atom stereocenters. The lowest BCUT2D eigenvalue weighted by molar-refractivity contribution is 0.0697. The first-order valence-corrected chi connectivity index (χ1v) is 6.41. The lowest BCUT2D eigenvalue weighted by Crippen LogP contribution is -2.01. The van der Waals surface area contributed by atoms with E-state index >= 15 is 0 Å². The van der Waals surface area contributed by atoms with E-state index in [1.807, 2.05) is 13.0 Å². The number of hydrazone groups is 1. The molecule has 0 aliphatic heterocycles. The third kappa shape index (κ3) is 3.60. The van der Waals surface area contributed by atoms with Gasteiger partial charge < -0.3 is 10.2 Å². The van der Waals surface area contributed by atoms with Gasteiger partial charge in [-0.05, 0) is 55.8 Å². The number of hydrogen-bond donors (Lipinski definition) is 3. The molecule has 0 saturated heterocycles. The first-order chi connectivity index (χ1) is 9.97. The minimum absolute atomic E-state index is 0.180. The lowest BCUT2D eigenvalue weighted by atomic mass is 10.1. The number of hydrogen-bond acceptors (Lipinski definition) is 4. The van der Waals surface area contributed by atoms with Gasteiger partial charge in [0.1, 0.15) is 5.75 Å². The highest BCUT2D eigenvalue weighted by Gasteiger charge is 2.05. The number of rotatable bonds is 4. The first-order valence-electron chi connectivity index (χ1n) is 6.41. The molecular weight excluding hydrogens is 268 g/mol. The number of nitrogens with one attached hydrogen (secondary N) is 1. The smallest absolute Gasteiger partial charge is 0.335 e. The number of anilines is 1. The summed E-state index contributed by atoms with van der Waals surface area (Å²) >= 11 is 0. The van der Waals surface area contributed by atoms with Crippen LogP contribution in [0.1, 0.15) is 28.4 Å². The summed E-state index contributed by atoms with van der Waals surface area (Å²) in [6, 6.07) is 11.6. The van der Waals surface area contributed by atoms with Crippen molar-refractivity contribution in [2.75, 3.05) is 5.43 Å². The minimum atomic E-state index is -0.967. The van der Waals surface area contributed by atoms with Crippen LogP contribution < -0.4 is 5.43 Å². The van der Waals surface area contributed by atoms with E-state index in [1.165, 1.54) is 12.1 Å². The zero-order chi connectivity index (χ0) is 15.4. The Labute approximate surface area is 122 Å². The number of aromatic hydroxyl groups is 1. The number of benzene rings is 2. The average Bonchev–Trinajstić information content (AvgIpc) is 2.45. The summed E-state index contributed by atoms with van der Waals surface area (Å²) in [5, 5.41) is 22.9. The number of carboxylic acids is 1. The zero-order valence-corrected chi connectivity index (χ0v) is 11.8. The summed E-state index contributed by atoms with van der Waals surface area (Å²) in [7, 11) is 0. The van der Waals surface area contributed by atoms with Crippen LogP contribution in [0.4, 0.5) is 5.69 Å². The van der Waals surface area contributed by atoms with Gasteiger partial charge in [-0.2, -0.15) is 5.10 Å². The van der Waals surface area contributed by atoms with E-state index in [-0.39, 0.29) is 11.3 Å². The molecule has 3 N–H and O–H groups in total. The molecule has 0 bridgehead atoms. The molecule has 108 valence electrons. The van der Waals surface area contributed by atoms with Gasteiger partial charge >= 0.3 is 5.97 Å². The number of carbonyl (C=O) groups is 1. The van der Waals surface area contributed by atoms with Crippen molar-refractivity contribution in [3.63, 3.8) is 0 Å². The van der Waals surface area contributed by atoms with Crippen molar-refractivity contribution in [2.24, 2.45) is 5.10 Å². The van der Waals surface area contributed by atoms with Crippen LogP contribution in [0.15, 0.2) is 47.6 Å². The predicted molar refractivity (Wildman–Crippen MR) is 82.1 cm³/mol. The Morgan fingerprint density at radius 3 is 2.38 bits per heavy atom. The number of nitrogens with zero attached hydrogens (tertiary/aromatic N) is 1. The highest BCUT2D eigenvalue weighted by atomic mass is 16.4. The molecule has 0 aliphatic rings. The van der Waals surface area contributed by atoms with E-state index in [2.05, 4.69) is 10.5 Å². The van der Waals surface area contributed by atoms with Crippen LogP contribution >= 0.6 is 0 Å². The fourth-order valence-corrected chi connectivity index (χ4v) is 1.84. The summed E-state index contributed by atoms with van der Waals surface area (Å²) in [5.41, 5.74) is 5.98. The lowest BCUT2D eigenvalue weighted by Gasteiger charge is -2.06. The maximum absolute atomic E-state index is 10.8. The molecule has 0 saturated carbocycles. The van der Waals surface area contributed by atoms with E-state index in [9.17, 15) is 9.90 Å². The van der Waals surface area contributed by atoms with E-state index in [0.717, 1.165) is 5.56 Å². The van der Waals surface area contributed by atoms with Gasteiger partial charge in [-0.15, -0.1) is 0 Å². The highest BCUT2D eigenvalue weighted by molar-refractivity contribution is 6.01. The fourth-order valence-electron chi connectivity index (χ4n) is 1.84. The molecule has 2 rings (SSSR count). The van der Waals surface area contributed by atoms with Crippen molar-refractivity contribution in [1.82, 2.24) is 0 Å². The average molecular weight is 284 g/mol. The molecule has 5 nitrogen and oxygen atoms in total. The van der Waals surface area contributed by atoms with Crippen LogP contribution in [0.25, 0.3) is 0 Å². The number of carboxylic acid groups (broad SMARTS) is 1. The second-order valence-electron chi connectivity index (χ2n) is 4.71. The predicted octanol–water partition coefficient (Wildman–Crippen LogP) is 3.23. The molecule has 21 heavy (non-hydrogen) atoms. The monoisotopic (exact) mass is 284 g/mol. The highest BCUT2D eigenvalue weighted by Crippen LogP contribution is 2.19. The van der Waals surface area contributed by atoms with Gasteiger partial charge in [-0.1, -0.05) is 6.07 Å². The third-order valence-corrected chi connectivity index (χ3v) is 3.03. The molecule has 0 aliphatic carbocycles. The summed E-state index contributed by atoms with van der Waals surface area (Å²) in [5.74, 6) is -0.787. The van der Waals surface area contributed by atoms with Gasteiger partial charge in [0.15, 0.2) is 0 Å². The Bertz CT molecular complexity index is 691. The van der Waals surface area contributed by atoms with Crippen LogP contribution in [-0.4, -0.2) is 21.9 Å². The van der Waals surface area contributed by atoms with Crippen molar-refractivity contribution in [3.05, 3.63) is 59.2 Å². The molecule has 0 aromatic heterocycles. The van der Waals surface area contributed by atoms with Crippen LogP contribution in [0.5, 0.6) is 5.75 Å². The van der Waals surface area contributed by atoms with Crippen LogP contribution in [-0.2, 0) is 0 Å². The molecule has 5 heteroatoms.